The van der Waals surface area contributed by atoms with E-state index in [1.165, 1.54) is 16.7 Å². The Balaban J connectivity index is 2.56. The number of thioether (sulfide) groups is 1. The molecule has 1 rings (SSSR count). The van der Waals surface area contributed by atoms with E-state index in [9.17, 15) is 0 Å². The van der Waals surface area contributed by atoms with Gasteiger partial charge in [0.05, 0.1) is 12.6 Å². The Kier molecular flexibility index (Phi) is 6.22. The van der Waals surface area contributed by atoms with Crippen molar-refractivity contribution in [1.82, 2.24) is 0 Å². The smallest absolute Gasteiger partial charge is 0.154 e. The van der Waals surface area contributed by atoms with E-state index in [2.05, 4.69) is 37.0 Å². The lowest BCUT2D eigenvalue weighted by Crippen LogP contribution is -2.15. The van der Waals surface area contributed by atoms with Gasteiger partial charge in [-0.15, -0.1) is 0 Å². The summed E-state index contributed by atoms with van der Waals surface area (Å²) in [6.45, 7) is 6.82. The fraction of sp³-hybridized carbons (Fsp3) is 0.500. The monoisotopic (exact) mass is 266 g/mol. The Morgan fingerprint density at radius 1 is 1.44 bits per heavy atom. The van der Waals surface area contributed by atoms with Crippen molar-refractivity contribution in [3.63, 3.8) is 0 Å². The van der Waals surface area contributed by atoms with Crippen LogP contribution >= 0.6 is 11.8 Å². The number of nitrogens with zero attached hydrogens (tertiary/aromatic N) is 1. The molecule has 18 heavy (non-hydrogen) atoms. The third kappa shape index (κ3) is 5.10. The highest BCUT2D eigenvalue weighted by atomic mass is 32.2. The number of rotatable bonds is 5. The van der Waals surface area contributed by atoms with Gasteiger partial charge in [-0.3, -0.25) is 4.99 Å². The minimum absolute atomic E-state index is 0.112. The largest absolute Gasteiger partial charge is 0.382 e. The molecule has 0 aromatic heterocycles. The molecule has 0 aliphatic carbocycles. The number of amidine groups is 1. The molecule has 0 amide bonds. The van der Waals surface area contributed by atoms with Gasteiger partial charge in [0.1, 0.15) is 0 Å². The van der Waals surface area contributed by atoms with E-state index in [1.807, 2.05) is 6.92 Å². The van der Waals surface area contributed by atoms with Crippen LogP contribution in [0.25, 0.3) is 0 Å². The Morgan fingerprint density at radius 2 is 2.17 bits per heavy atom. The molecule has 0 spiro atoms. The highest BCUT2D eigenvalue weighted by Gasteiger charge is 2.03. The van der Waals surface area contributed by atoms with E-state index in [0.717, 1.165) is 5.75 Å². The average Bonchev–Trinajstić information content (AvgIpc) is 2.30. The van der Waals surface area contributed by atoms with Crippen molar-refractivity contribution in [2.45, 2.75) is 32.6 Å². The van der Waals surface area contributed by atoms with Gasteiger partial charge in [0.15, 0.2) is 5.17 Å². The summed E-state index contributed by atoms with van der Waals surface area (Å²) < 4.78 is 5.03. The van der Waals surface area contributed by atoms with Crippen LogP contribution in [0.4, 0.5) is 0 Å². The molecule has 1 aromatic rings. The van der Waals surface area contributed by atoms with E-state index < -0.39 is 0 Å². The fourth-order valence-corrected chi connectivity index (χ4v) is 2.51. The Labute approximate surface area is 114 Å². The zero-order chi connectivity index (χ0) is 13.5. The SMILES string of the molecule is COC[C@H](C)N=C(N)SCc1cc(C)ccc1C. The van der Waals surface area contributed by atoms with Crippen LogP contribution in [0.5, 0.6) is 0 Å². The van der Waals surface area contributed by atoms with Gasteiger partial charge >= 0.3 is 0 Å². The van der Waals surface area contributed by atoms with Crippen LogP contribution in [0.3, 0.4) is 0 Å². The lowest BCUT2D eigenvalue weighted by Gasteiger charge is -2.08. The summed E-state index contributed by atoms with van der Waals surface area (Å²) >= 11 is 1.58. The van der Waals surface area contributed by atoms with E-state index in [0.29, 0.717) is 11.8 Å². The van der Waals surface area contributed by atoms with Gasteiger partial charge in [0, 0.05) is 12.9 Å². The second-order valence-electron chi connectivity index (χ2n) is 4.49. The minimum Gasteiger partial charge on any atom is -0.382 e. The summed E-state index contributed by atoms with van der Waals surface area (Å²) in [4.78, 5) is 4.37. The molecule has 0 radical (unpaired) electrons. The number of hydrogen-bond donors (Lipinski definition) is 1. The first-order valence-electron chi connectivity index (χ1n) is 6.04. The normalized spacial score (nSPS) is 13.7. The number of aliphatic imine (C=N–C) groups is 1. The van der Waals surface area contributed by atoms with Crippen LogP contribution in [-0.4, -0.2) is 24.9 Å². The molecule has 0 fully saturated rings. The lowest BCUT2D eigenvalue weighted by atomic mass is 10.1. The number of ether oxygens (including phenoxy) is 1. The molecule has 1 aromatic carbocycles. The Bertz CT molecular complexity index is 418. The third-order valence-electron chi connectivity index (χ3n) is 2.64. The Morgan fingerprint density at radius 3 is 2.83 bits per heavy atom. The lowest BCUT2D eigenvalue weighted by molar-refractivity contribution is 0.186. The van der Waals surface area contributed by atoms with E-state index >= 15 is 0 Å². The quantitative estimate of drug-likeness (QED) is 0.658. The summed E-state index contributed by atoms with van der Waals surface area (Å²) in [6, 6.07) is 6.59. The van der Waals surface area contributed by atoms with Gasteiger partial charge in [-0.25, -0.2) is 0 Å². The first-order chi connectivity index (χ1) is 8.52. The Hall–Kier alpha value is -1.00. The molecule has 2 N–H and O–H groups in total. The fourth-order valence-electron chi connectivity index (χ4n) is 1.64. The molecular formula is C14H22N2OS. The summed E-state index contributed by atoms with van der Waals surface area (Å²) in [5.74, 6) is 0.864. The molecule has 3 nitrogen and oxygen atoms in total. The van der Waals surface area contributed by atoms with Crippen molar-refractivity contribution in [3.8, 4) is 0 Å². The van der Waals surface area contributed by atoms with Crippen molar-refractivity contribution in [2.75, 3.05) is 13.7 Å². The van der Waals surface area contributed by atoms with E-state index in [1.54, 1.807) is 18.9 Å². The number of aryl methyl sites for hydroxylation is 2. The second-order valence-corrected chi connectivity index (χ2v) is 5.49. The van der Waals surface area contributed by atoms with Crippen LogP contribution in [-0.2, 0) is 10.5 Å². The predicted octanol–water partition coefficient (Wildman–Crippen LogP) is 2.89. The van der Waals surface area contributed by atoms with Crippen molar-refractivity contribution in [2.24, 2.45) is 10.7 Å². The van der Waals surface area contributed by atoms with Gasteiger partial charge < -0.3 is 10.5 Å². The standard InChI is InChI=1S/C14H22N2OS/c1-10-5-6-11(2)13(7-10)9-18-14(15)16-12(3)8-17-4/h5-7,12H,8-9H2,1-4H3,(H2,15,16)/t12-/m0/s1. The molecule has 0 saturated heterocycles. The van der Waals surface area contributed by atoms with Gasteiger partial charge in [0.25, 0.3) is 0 Å². The zero-order valence-electron chi connectivity index (χ0n) is 11.6. The van der Waals surface area contributed by atoms with Crippen LogP contribution in [0.1, 0.15) is 23.6 Å². The van der Waals surface area contributed by atoms with Crippen LogP contribution in [0, 0.1) is 13.8 Å². The average molecular weight is 266 g/mol. The molecule has 0 bridgehead atoms. The highest BCUT2D eigenvalue weighted by molar-refractivity contribution is 8.13. The summed E-state index contributed by atoms with van der Waals surface area (Å²) in [5, 5.41) is 0.625. The molecular weight excluding hydrogens is 244 g/mol. The van der Waals surface area contributed by atoms with Gasteiger partial charge in [-0.05, 0) is 31.9 Å². The first kappa shape index (κ1) is 15.1. The van der Waals surface area contributed by atoms with E-state index in [-0.39, 0.29) is 6.04 Å². The predicted molar refractivity (Wildman–Crippen MR) is 80.2 cm³/mol. The molecule has 0 saturated carbocycles. The zero-order valence-corrected chi connectivity index (χ0v) is 12.4. The molecule has 4 heteroatoms. The van der Waals surface area contributed by atoms with Crippen molar-refractivity contribution >= 4 is 16.9 Å². The number of methoxy groups -OCH3 is 1. The van der Waals surface area contributed by atoms with Gasteiger partial charge in [-0.2, -0.15) is 0 Å². The van der Waals surface area contributed by atoms with Crippen molar-refractivity contribution in [1.29, 1.82) is 0 Å². The highest BCUT2D eigenvalue weighted by Crippen LogP contribution is 2.18. The topological polar surface area (TPSA) is 47.6 Å². The summed E-state index contributed by atoms with van der Waals surface area (Å²) in [5.41, 5.74) is 9.79. The molecule has 0 heterocycles. The molecule has 0 unspecified atom stereocenters. The van der Waals surface area contributed by atoms with Crippen LogP contribution in [0.2, 0.25) is 0 Å². The van der Waals surface area contributed by atoms with Crippen molar-refractivity contribution < 1.29 is 4.74 Å². The third-order valence-corrected chi connectivity index (χ3v) is 3.49. The molecule has 0 aliphatic rings. The van der Waals surface area contributed by atoms with Crippen molar-refractivity contribution in [3.05, 3.63) is 34.9 Å². The molecule has 100 valence electrons. The first-order valence-corrected chi connectivity index (χ1v) is 7.02. The second kappa shape index (κ2) is 7.44. The summed E-state index contributed by atoms with van der Waals surface area (Å²) in [6.07, 6.45) is 0. The maximum atomic E-state index is 5.90. The van der Waals surface area contributed by atoms with Crippen LogP contribution in [0.15, 0.2) is 23.2 Å². The number of benzene rings is 1. The van der Waals surface area contributed by atoms with Crippen LogP contribution < -0.4 is 5.73 Å². The minimum atomic E-state index is 0.112. The van der Waals surface area contributed by atoms with Gasteiger partial charge in [0.2, 0.25) is 0 Å². The molecule has 1 atom stereocenters. The maximum Gasteiger partial charge on any atom is 0.154 e. The van der Waals surface area contributed by atoms with Gasteiger partial charge in [-0.1, -0.05) is 35.5 Å². The number of hydrogen-bond acceptors (Lipinski definition) is 3. The molecule has 0 aliphatic heterocycles. The van der Waals surface area contributed by atoms with E-state index in [4.69, 9.17) is 10.5 Å². The summed E-state index contributed by atoms with van der Waals surface area (Å²) in [7, 11) is 1.67. The number of nitrogens with two attached hydrogens (primary N) is 1. The maximum absolute atomic E-state index is 5.90.